The Bertz CT molecular complexity index is 479. The minimum atomic E-state index is -0.290. The molecule has 1 aliphatic rings. The molecule has 2 atom stereocenters. The van der Waals surface area contributed by atoms with Gasteiger partial charge in [-0.3, -0.25) is 4.79 Å². The molecule has 2 N–H and O–H groups in total. The molecule has 1 saturated heterocycles. The molecule has 0 aromatic heterocycles. The fraction of sp³-hybridized carbons (Fsp3) is 0.500. The molecular weight excluding hydrogens is 308 g/mol. The molecular formula is C14H19BrN2O2. The summed E-state index contributed by atoms with van der Waals surface area (Å²) in [4.78, 5) is 14.1. The summed E-state index contributed by atoms with van der Waals surface area (Å²) in [6, 6.07) is 5.90. The van der Waals surface area contributed by atoms with Gasteiger partial charge in [-0.05, 0) is 44.0 Å². The predicted octanol–water partition coefficient (Wildman–Crippen LogP) is 1.83. The Morgan fingerprint density at radius 2 is 2.26 bits per heavy atom. The van der Waals surface area contributed by atoms with Crippen molar-refractivity contribution in [2.45, 2.75) is 32.4 Å². The molecule has 19 heavy (non-hydrogen) atoms. The minimum Gasteiger partial charge on any atom is -0.396 e. The average molecular weight is 327 g/mol. The van der Waals surface area contributed by atoms with Crippen molar-refractivity contribution in [3.63, 3.8) is 0 Å². The Hall–Kier alpha value is -1.07. The first kappa shape index (κ1) is 14.3. The van der Waals surface area contributed by atoms with Gasteiger partial charge in [0.25, 0.3) is 0 Å². The highest BCUT2D eigenvalue weighted by Crippen LogP contribution is 2.26. The Kier molecular flexibility index (Phi) is 4.47. The van der Waals surface area contributed by atoms with Crippen molar-refractivity contribution in [2.75, 3.05) is 18.1 Å². The van der Waals surface area contributed by atoms with Crippen LogP contribution in [0.2, 0.25) is 0 Å². The van der Waals surface area contributed by atoms with E-state index in [1.807, 2.05) is 26.0 Å². The zero-order chi connectivity index (χ0) is 14.0. The number of hydrogen-bond acceptors (Lipinski definition) is 3. The van der Waals surface area contributed by atoms with Crippen LogP contribution in [0.5, 0.6) is 0 Å². The van der Waals surface area contributed by atoms with Gasteiger partial charge in [-0.2, -0.15) is 0 Å². The van der Waals surface area contributed by atoms with E-state index in [2.05, 4.69) is 32.2 Å². The van der Waals surface area contributed by atoms with Crippen LogP contribution in [0.15, 0.2) is 22.7 Å². The molecule has 1 aromatic rings. The van der Waals surface area contributed by atoms with Gasteiger partial charge in [-0.25, -0.2) is 0 Å². The van der Waals surface area contributed by atoms with Crippen molar-refractivity contribution < 1.29 is 9.90 Å². The van der Waals surface area contributed by atoms with E-state index in [1.54, 1.807) is 0 Å². The molecule has 5 heteroatoms. The third-order valence-corrected chi connectivity index (χ3v) is 4.30. The largest absolute Gasteiger partial charge is 0.396 e. The summed E-state index contributed by atoms with van der Waals surface area (Å²) >= 11 is 3.49. The van der Waals surface area contributed by atoms with Crippen LogP contribution in [-0.4, -0.2) is 36.2 Å². The third kappa shape index (κ3) is 3.09. The van der Waals surface area contributed by atoms with Crippen molar-refractivity contribution in [3.05, 3.63) is 28.2 Å². The number of piperazine rings is 1. The summed E-state index contributed by atoms with van der Waals surface area (Å²) in [7, 11) is 0. The van der Waals surface area contributed by atoms with Gasteiger partial charge in [0.2, 0.25) is 5.91 Å². The summed E-state index contributed by atoms with van der Waals surface area (Å²) in [5.74, 6) is -0.00614. The lowest BCUT2D eigenvalue weighted by atomic mass is 10.0. The number of anilines is 1. The first-order valence-electron chi connectivity index (χ1n) is 6.47. The molecule has 0 spiro atoms. The zero-order valence-corrected chi connectivity index (χ0v) is 12.8. The maximum Gasteiger partial charge on any atom is 0.243 e. The number of carbonyl (C=O) groups is 1. The Morgan fingerprint density at radius 1 is 1.53 bits per heavy atom. The van der Waals surface area contributed by atoms with E-state index in [0.717, 1.165) is 22.3 Å². The normalized spacial score (nSPS) is 23.4. The highest BCUT2D eigenvalue weighted by atomic mass is 79.9. The lowest BCUT2D eigenvalue weighted by Gasteiger charge is -2.40. The van der Waals surface area contributed by atoms with Crippen LogP contribution in [0.4, 0.5) is 5.69 Å². The summed E-state index contributed by atoms with van der Waals surface area (Å²) in [5, 5.41) is 12.1. The van der Waals surface area contributed by atoms with Crippen molar-refractivity contribution in [1.29, 1.82) is 0 Å². The lowest BCUT2D eigenvalue weighted by molar-refractivity contribution is -0.124. The van der Waals surface area contributed by atoms with Gasteiger partial charge in [0, 0.05) is 29.4 Å². The van der Waals surface area contributed by atoms with Gasteiger partial charge in [0.05, 0.1) is 0 Å². The monoisotopic (exact) mass is 326 g/mol. The molecule has 104 valence electrons. The summed E-state index contributed by atoms with van der Waals surface area (Å²) < 4.78 is 1.06. The second kappa shape index (κ2) is 5.92. The molecule has 1 amide bonds. The van der Waals surface area contributed by atoms with Crippen LogP contribution in [0.1, 0.15) is 18.9 Å². The Labute approximate surface area is 121 Å². The number of hydrogen-bond donors (Lipinski definition) is 2. The first-order valence-corrected chi connectivity index (χ1v) is 7.26. The molecule has 1 aliphatic heterocycles. The molecule has 0 radical (unpaired) electrons. The molecule has 0 saturated carbocycles. The summed E-state index contributed by atoms with van der Waals surface area (Å²) in [6.45, 7) is 4.80. The number of nitrogens with one attached hydrogen (secondary N) is 1. The zero-order valence-electron chi connectivity index (χ0n) is 11.2. The van der Waals surface area contributed by atoms with Crippen molar-refractivity contribution in [1.82, 2.24) is 5.32 Å². The van der Waals surface area contributed by atoms with E-state index >= 15 is 0 Å². The maximum atomic E-state index is 12.1. The number of aliphatic hydroxyl groups is 1. The molecule has 1 aromatic carbocycles. The average Bonchev–Trinajstić information content (AvgIpc) is 2.36. The Morgan fingerprint density at radius 3 is 2.89 bits per heavy atom. The standard InChI is InChI=1S/C14H19BrN2O2/c1-9-7-11(3-4-12(9)15)17-8-10(2)16-14(19)13(17)5-6-18/h3-4,7,10,13,18H,5-6,8H2,1-2H3,(H,16,19). The highest BCUT2D eigenvalue weighted by Gasteiger charge is 2.32. The number of benzene rings is 1. The van der Waals surface area contributed by atoms with E-state index < -0.39 is 0 Å². The Balaban J connectivity index is 2.31. The summed E-state index contributed by atoms with van der Waals surface area (Å²) in [5.41, 5.74) is 2.17. The van der Waals surface area contributed by atoms with Crippen molar-refractivity contribution >= 4 is 27.5 Å². The van der Waals surface area contributed by atoms with E-state index in [4.69, 9.17) is 5.11 Å². The van der Waals surface area contributed by atoms with Crippen LogP contribution in [0.25, 0.3) is 0 Å². The van der Waals surface area contributed by atoms with Gasteiger partial charge in [0.15, 0.2) is 0 Å². The van der Waals surface area contributed by atoms with Crippen molar-refractivity contribution in [3.8, 4) is 0 Å². The van der Waals surface area contributed by atoms with Gasteiger partial charge in [-0.1, -0.05) is 15.9 Å². The van der Waals surface area contributed by atoms with Gasteiger partial charge < -0.3 is 15.3 Å². The van der Waals surface area contributed by atoms with Crippen LogP contribution >= 0.6 is 15.9 Å². The number of nitrogens with zero attached hydrogens (tertiary/aromatic N) is 1. The second-order valence-electron chi connectivity index (χ2n) is 5.02. The quantitative estimate of drug-likeness (QED) is 0.891. The van der Waals surface area contributed by atoms with Gasteiger partial charge >= 0.3 is 0 Å². The summed E-state index contributed by atoms with van der Waals surface area (Å²) in [6.07, 6.45) is 0.452. The van der Waals surface area contributed by atoms with Crippen LogP contribution in [-0.2, 0) is 4.79 Å². The number of rotatable bonds is 3. The topological polar surface area (TPSA) is 52.6 Å². The minimum absolute atomic E-state index is 0.00614. The smallest absolute Gasteiger partial charge is 0.243 e. The van der Waals surface area contributed by atoms with Gasteiger partial charge in [0.1, 0.15) is 6.04 Å². The molecule has 1 heterocycles. The van der Waals surface area contributed by atoms with E-state index in [0.29, 0.717) is 6.42 Å². The maximum absolute atomic E-state index is 12.1. The highest BCUT2D eigenvalue weighted by molar-refractivity contribution is 9.10. The number of aliphatic hydroxyl groups excluding tert-OH is 1. The lowest BCUT2D eigenvalue weighted by Crippen LogP contribution is -2.59. The van der Waals surface area contributed by atoms with Crippen LogP contribution in [0.3, 0.4) is 0 Å². The first-order chi connectivity index (χ1) is 9.02. The van der Waals surface area contributed by atoms with E-state index in [-0.39, 0.29) is 24.6 Å². The second-order valence-corrected chi connectivity index (χ2v) is 5.88. The fourth-order valence-electron chi connectivity index (χ4n) is 2.45. The fourth-order valence-corrected chi connectivity index (χ4v) is 2.70. The number of amides is 1. The third-order valence-electron chi connectivity index (χ3n) is 3.41. The molecule has 1 fully saturated rings. The number of halogens is 1. The molecule has 2 unspecified atom stereocenters. The van der Waals surface area contributed by atoms with Crippen LogP contribution < -0.4 is 10.2 Å². The predicted molar refractivity (Wildman–Crippen MR) is 79.3 cm³/mol. The molecule has 0 aliphatic carbocycles. The molecule has 0 bridgehead atoms. The number of carbonyl (C=O) groups excluding carboxylic acids is 1. The van der Waals surface area contributed by atoms with Crippen LogP contribution in [0, 0.1) is 6.92 Å². The van der Waals surface area contributed by atoms with Gasteiger partial charge in [-0.15, -0.1) is 0 Å². The van der Waals surface area contributed by atoms with E-state index in [9.17, 15) is 4.79 Å². The molecule has 2 rings (SSSR count). The molecule has 4 nitrogen and oxygen atoms in total. The van der Waals surface area contributed by atoms with E-state index in [1.165, 1.54) is 0 Å². The SMILES string of the molecule is Cc1cc(N2CC(C)NC(=O)C2CCO)ccc1Br. The van der Waals surface area contributed by atoms with Crippen molar-refractivity contribution in [2.24, 2.45) is 0 Å². The number of aryl methyl sites for hydroxylation is 1.